The van der Waals surface area contributed by atoms with Crippen molar-refractivity contribution in [2.75, 3.05) is 6.61 Å². The van der Waals surface area contributed by atoms with E-state index in [9.17, 15) is 14.4 Å². The second kappa shape index (κ2) is 8.62. The first-order valence-electron chi connectivity index (χ1n) is 7.72. The number of benzene rings is 2. The molecule has 2 rings (SSSR count). The van der Waals surface area contributed by atoms with Crippen LogP contribution in [0.3, 0.4) is 0 Å². The van der Waals surface area contributed by atoms with E-state index in [0.29, 0.717) is 0 Å². The van der Waals surface area contributed by atoms with Gasteiger partial charge < -0.3 is 10.1 Å². The summed E-state index contributed by atoms with van der Waals surface area (Å²) in [4.78, 5) is 36.4. The lowest BCUT2D eigenvalue weighted by atomic mass is 10.0. The van der Waals surface area contributed by atoms with Gasteiger partial charge in [-0.3, -0.25) is 9.59 Å². The van der Waals surface area contributed by atoms with Gasteiger partial charge in [-0.1, -0.05) is 60.7 Å². The molecule has 5 nitrogen and oxygen atoms in total. The first-order valence-corrected chi connectivity index (χ1v) is 7.72. The summed E-state index contributed by atoms with van der Waals surface area (Å²) in [6.45, 7) is 1.89. The molecule has 2 aromatic carbocycles. The molecule has 0 heterocycles. The Morgan fingerprint density at radius 1 is 0.958 bits per heavy atom. The Morgan fingerprint density at radius 3 is 2.12 bits per heavy atom. The van der Waals surface area contributed by atoms with Crippen molar-refractivity contribution in [3.8, 4) is 0 Å². The van der Waals surface area contributed by atoms with Crippen molar-refractivity contribution in [3.63, 3.8) is 0 Å². The molecule has 0 saturated carbocycles. The van der Waals surface area contributed by atoms with Gasteiger partial charge >= 0.3 is 5.97 Å². The van der Waals surface area contributed by atoms with Crippen LogP contribution in [0.5, 0.6) is 0 Å². The average molecular weight is 325 g/mol. The van der Waals surface area contributed by atoms with Gasteiger partial charge in [-0.05, 0) is 12.5 Å². The highest BCUT2D eigenvalue weighted by molar-refractivity contribution is 6.43. The molecule has 1 amide bonds. The van der Waals surface area contributed by atoms with Crippen molar-refractivity contribution in [3.05, 3.63) is 71.8 Å². The van der Waals surface area contributed by atoms with E-state index in [4.69, 9.17) is 4.74 Å². The fraction of sp³-hybridized carbons (Fsp3) is 0.211. The Bertz CT molecular complexity index is 698. The first kappa shape index (κ1) is 17.4. The van der Waals surface area contributed by atoms with Crippen LogP contribution in [0.1, 0.15) is 22.8 Å². The molecular formula is C19H19NO4. The topological polar surface area (TPSA) is 72.5 Å². The van der Waals surface area contributed by atoms with E-state index in [-0.39, 0.29) is 18.6 Å². The highest BCUT2D eigenvalue weighted by atomic mass is 16.5. The van der Waals surface area contributed by atoms with Crippen molar-refractivity contribution in [1.29, 1.82) is 0 Å². The minimum Gasteiger partial charge on any atom is -0.464 e. The SMILES string of the molecule is CCOC(=O)[C@H](Cc1ccccc1)NC(=O)C(=O)c1ccccc1. The second-order valence-electron chi connectivity index (χ2n) is 5.16. The summed E-state index contributed by atoms with van der Waals surface area (Å²) in [7, 11) is 0. The van der Waals surface area contributed by atoms with Gasteiger partial charge in [0.15, 0.2) is 0 Å². The number of amides is 1. The Hall–Kier alpha value is -2.95. The molecule has 5 heteroatoms. The lowest BCUT2D eigenvalue weighted by Gasteiger charge is -2.17. The molecule has 0 aromatic heterocycles. The molecule has 124 valence electrons. The molecule has 0 aliphatic rings. The van der Waals surface area contributed by atoms with E-state index in [1.54, 1.807) is 37.3 Å². The standard InChI is InChI=1S/C19H19NO4/c1-2-24-19(23)16(13-14-9-5-3-6-10-14)20-18(22)17(21)15-11-7-4-8-12-15/h3-12,16H,2,13H2,1H3,(H,20,22)/t16-/m0/s1. The molecule has 0 unspecified atom stereocenters. The zero-order chi connectivity index (χ0) is 17.4. The number of carbonyl (C=O) groups excluding carboxylic acids is 3. The van der Waals surface area contributed by atoms with Crippen LogP contribution in [0.2, 0.25) is 0 Å². The molecule has 0 radical (unpaired) electrons. The van der Waals surface area contributed by atoms with Crippen LogP contribution in [0.15, 0.2) is 60.7 Å². The minimum absolute atomic E-state index is 0.201. The third kappa shape index (κ3) is 4.78. The van der Waals surface area contributed by atoms with Gasteiger partial charge in [0.2, 0.25) is 5.78 Å². The molecule has 0 spiro atoms. The highest BCUT2D eigenvalue weighted by Crippen LogP contribution is 2.06. The van der Waals surface area contributed by atoms with Gasteiger partial charge in [-0.2, -0.15) is 0 Å². The maximum Gasteiger partial charge on any atom is 0.328 e. The molecule has 24 heavy (non-hydrogen) atoms. The average Bonchev–Trinajstić information content (AvgIpc) is 2.62. The van der Waals surface area contributed by atoms with Crippen LogP contribution in [-0.4, -0.2) is 30.3 Å². The van der Waals surface area contributed by atoms with Gasteiger partial charge in [-0.25, -0.2) is 4.79 Å². The molecule has 0 fully saturated rings. The third-order valence-corrected chi connectivity index (χ3v) is 3.40. The van der Waals surface area contributed by atoms with Gasteiger partial charge in [0.1, 0.15) is 6.04 Å². The second-order valence-corrected chi connectivity index (χ2v) is 5.16. The van der Waals surface area contributed by atoms with E-state index < -0.39 is 23.7 Å². The van der Waals surface area contributed by atoms with Gasteiger partial charge in [0.25, 0.3) is 5.91 Å². The predicted octanol–water partition coefficient (Wildman–Crippen LogP) is 2.16. The Morgan fingerprint density at radius 2 is 1.54 bits per heavy atom. The van der Waals surface area contributed by atoms with Crippen molar-refractivity contribution in [2.24, 2.45) is 0 Å². The maximum atomic E-state index is 12.2. The van der Waals surface area contributed by atoms with Crippen molar-refractivity contribution < 1.29 is 19.1 Å². The van der Waals surface area contributed by atoms with Crippen LogP contribution < -0.4 is 5.32 Å². The minimum atomic E-state index is -0.910. The third-order valence-electron chi connectivity index (χ3n) is 3.40. The molecule has 0 aliphatic carbocycles. The van der Waals surface area contributed by atoms with Crippen LogP contribution in [-0.2, 0) is 20.7 Å². The van der Waals surface area contributed by atoms with E-state index in [1.165, 1.54) is 0 Å². The normalized spacial score (nSPS) is 11.4. The molecule has 0 bridgehead atoms. The largest absolute Gasteiger partial charge is 0.464 e. The van der Waals surface area contributed by atoms with Crippen molar-refractivity contribution in [1.82, 2.24) is 5.32 Å². The number of Topliss-reactive ketones (excluding diaryl/α,β-unsaturated/α-hetero) is 1. The molecule has 1 N–H and O–H groups in total. The van der Waals surface area contributed by atoms with Gasteiger partial charge in [0.05, 0.1) is 6.61 Å². The van der Waals surface area contributed by atoms with E-state index in [0.717, 1.165) is 5.56 Å². The lowest BCUT2D eigenvalue weighted by molar-refractivity contribution is -0.146. The monoisotopic (exact) mass is 325 g/mol. The quantitative estimate of drug-likeness (QED) is 0.481. The highest BCUT2D eigenvalue weighted by Gasteiger charge is 2.26. The number of rotatable bonds is 7. The molecular weight excluding hydrogens is 306 g/mol. The summed E-state index contributed by atoms with van der Waals surface area (Å²) in [5, 5.41) is 2.49. The summed E-state index contributed by atoms with van der Waals surface area (Å²) in [5.41, 5.74) is 1.14. The van der Waals surface area contributed by atoms with Gasteiger partial charge in [0, 0.05) is 12.0 Å². The molecule has 1 atom stereocenters. The summed E-state index contributed by atoms with van der Waals surface area (Å²) in [6, 6.07) is 16.5. The van der Waals surface area contributed by atoms with Gasteiger partial charge in [-0.15, -0.1) is 0 Å². The van der Waals surface area contributed by atoms with Crippen molar-refractivity contribution in [2.45, 2.75) is 19.4 Å². The predicted molar refractivity (Wildman–Crippen MR) is 89.5 cm³/mol. The fourth-order valence-electron chi connectivity index (χ4n) is 2.23. The summed E-state index contributed by atoms with van der Waals surface area (Å²) in [5.74, 6) is -2.07. The summed E-state index contributed by atoms with van der Waals surface area (Å²) in [6.07, 6.45) is 0.257. The molecule has 0 aliphatic heterocycles. The van der Waals surface area contributed by atoms with Crippen LogP contribution in [0.25, 0.3) is 0 Å². The Labute approximate surface area is 140 Å². The van der Waals surface area contributed by atoms with Crippen LogP contribution in [0, 0.1) is 0 Å². The first-order chi connectivity index (χ1) is 11.6. The van der Waals surface area contributed by atoms with E-state index in [2.05, 4.69) is 5.32 Å². The fourth-order valence-corrected chi connectivity index (χ4v) is 2.23. The smallest absolute Gasteiger partial charge is 0.328 e. The number of esters is 1. The zero-order valence-electron chi connectivity index (χ0n) is 13.4. The van der Waals surface area contributed by atoms with Crippen LogP contribution >= 0.6 is 0 Å². The molecule has 0 saturated heterocycles. The number of nitrogens with one attached hydrogen (secondary N) is 1. The van der Waals surface area contributed by atoms with E-state index in [1.807, 2.05) is 30.3 Å². The Balaban J connectivity index is 2.11. The summed E-state index contributed by atoms with van der Waals surface area (Å²) < 4.78 is 5.00. The number of hydrogen-bond acceptors (Lipinski definition) is 4. The molecule has 2 aromatic rings. The lowest BCUT2D eigenvalue weighted by Crippen LogP contribution is -2.46. The zero-order valence-corrected chi connectivity index (χ0v) is 13.4. The van der Waals surface area contributed by atoms with Crippen LogP contribution in [0.4, 0.5) is 0 Å². The number of ether oxygens (including phenoxy) is 1. The number of hydrogen-bond donors (Lipinski definition) is 1. The Kier molecular flexibility index (Phi) is 6.25. The summed E-state index contributed by atoms with van der Waals surface area (Å²) >= 11 is 0. The van der Waals surface area contributed by atoms with Crippen molar-refractivity contribution >= 4 is 17.7 Å². The number of carbonyl (C=O) groups is 3. The maximum absolute atomic E-state index is 12.2. The number of ketones is 1. The van der Waals surface area contributed by atoms with E-state index >= 15 is 0 Å².